The van der Waals surface area contributed by atoms with Crippen molar-refractivity contribution < 1.29 is 42.3 Å². The predicted octanol–water partition coefficient (Wildman–Crippen LogP) is 3.51. The molecule has 12 nitrogen and oxygen atoms in total. The molecule has 39 heavy (non-hydrogen) atoms. The molecule has 0 spiro atoms. The van der Waals surface area contributed by atoms with Gasteiger partial charge in [-0.25, -0.2) is 15.2 Å². The molecule has 0 bridgehead atoms. The summed E-state index contributed by atoms with van der Waals surface area (Å²) in [7, 11) is 2.18. The van der Waals surface area contributed by atoms with Crippen LogP contribution in [-0.4, -0.2) is 57.5 Å². The number of carbonyl (C=O) groups is 3. The van der Waals surface area contributed by atoms with Crippen molar-refractivity contribution in [2.24, 2.45) is 5.92 Å². The van der Waals surface area contributed by atoms with Gasteiger partial charge in [0.1, 0.15) is 12.4 Å². The number of nitrogens with one attached hydrogen (secondary N) is 3. The van der Waals surface area contributed by atoms with Crippen LogP contribution in [0.15, 0.2) is 47.6 Å². The zero-order valence-corrected chi connectivity index (χ0v) is 21.9. The minimum Gasteiger partial charge on any atom is -0.508 e. The molecule has 2 atom stereocenters. The molecule has 4 N–H and O–H groups in total. The van der Waals surface area contributed by atoms with Gasteiger partial charge in [-0.3, -0.25) is 25.1 Å². The molecule has 0 saturated heterocycles. The number of nitrogens with zero attached hydrogens (tertiary/aromatic N) is 2. The van der Waals surface area contributed by atoms with Crippen LogP contribution >= 0.6 is 21.6 Å². The van der Waals surface area contributed by atoms with Crippen LogP contribution < -0.4 is 16.2 Å². The van der Waals surface area contributed by atoms with Crippen LogP contribution in [0.2, 0.25) is 0 Å². The summed E-state index contributed by atoms with van der Waals surface area (Å²) in [5, 5.41) is 22.4. The Morgan fingerprint density at radius 1 is 1.18 bits per heavy atom. The standard InChI is InChI=1S/C22H24F3N5O7S2/c1-13(11-15(27-20(33)22(23,24)25)12-14-4-6-16(31)7-5-14)18(32)28-29-21(34)37-9-10-38-39-19-17(30(35)36)3-2-8-26-19/h2-8,13,15,31H,9-12H2,1H3,(H,27,33)(H,28,32)(H,29,34)/t13-,15+/m0/s1. The average molecular weight is 592 g/mol. The Bertz CT molecular complexity index is 1160. The molecular weight excluding hydrogens is 567 g/mol. The Labute approximate surface area is 228 Å². The van der Waals surface area contributed by atoms with Gasteiger partial charge in [0, 0.05) is 30.0 Å². The van der Waals surface area contributed by atoms with E-state index in [1.807, 2.05) is 10.7 Å². The molecular formula is C22H24F3N5O7S2. The summed E-state index contributed by atoms with van der Waals surface area (Å²) in [6.07, 6.45) is -4.96. The molecule has 0 aliphatic heterocycles. The maximum atomic E-state index is 12.8. The molecule has 0 radical (unpaired) electrons. The summed E-state index contributed by atoms with van der Waals surface area (Å²) in [5.74, 6) is -3.63. The van der Waals surface area contributed by atoms with Crippen molar-refractivity contribution in [3.8, 4) is 5.75 Å². The first-order chi connectivity index (χ1) is 18.4. The van der Waals surface area contributed by atoms with Gasteiger partial charge in [0.05, 0.1) is 4.92 Å². The number of aromatic nitrogens is 1. The molecule has 0 saturated carbocycles. The SMILES string of the molecule is C[C@@H](C[C@H](Cc1ccc(O)cc1)NC(=O)C(F)(F)F)C(=O)NNC(=O)OCCSSc1ncccc1[N+](=O)[O-]. The van der Waals surface area contributed by atoms with Crippen LogP contribution in [0.5, 0.6) is 5.75 Å². The number of phenolic OH excluding ortho intramolecular Hbond substituents is 1. The second-order valence-corrected chi connectivity index (χ2v) is 10.3. The quantitative estimate of drug-likeness (QED) is 0.124. The number of hydrogen-bond acceptors (Lipinski definition) is 10. The Morgan fingerprint density at radius 2 is 1.87 bits per heavy atom. The monoisotopic (exact) mass is 591 g/mol. The van der Waals surface area contributed by atoms with Gasteiger partial charge in [-0.1, -0.05) is 29.9 Å². The van der Waals surface area contributed by atoms with E-state index in [0.717, 1.165) is 21.6 Å². The van der Waals surface area contributed by atoms with Crippen LogP contribution in [0.4, 0.5) is 23.7 Å². The number of carbonyl (C=O) groups excluding carboxylic acids is 3. The highest BCUT2D eigenvalue weighted by molar-refractivity contribution is 8.76. The molecule has 2 rings (SSSR count). The number of aromatic hydroxyl groups is 1. The van der Waals surface area contributed by atoms with Crippen molar-refractivity contribution in [2.45, 2.75) is 37.0 Å². The Morgan fingerprint density at radius 3 is 2.51 bits per heavy atom. The van der Waals surface area contributed by atoms with Gasteiger partial charge in [0.15, 0.2) is 5.03 Å². The minimum atomic E-state index is -5.12. The number of amides is 3. The number of phenols is 1. The van der Waals surface area contributed by atoms with Gasteiger partial charge < -0.3 is 15.2 Å². The zero-order valence-electron chi connectivity index (χ0n) is 20.3. The second kappa shape index (κ2) is 15.0. The second-order valence-electron chi connectivity index (χ2n) is 7.92. The molecule has 0 fully saturated rings. The highest BCUT2D eigenvalue weighted by atomic mass is 33.1. The van der Waals surface area contributed by atoms with Crippen molar-refractivity contribution in [3.63, 3.8) is 0 Å². The topological polar surface area (TPSA) is 173 Å². The summed E-state index contributed by atoms with van der Waals surface area (Å²) in [6, 6.07) is 7.28. The van der Waals surface area contributed by atoms with E-state index in [0.29, 0.717) is 5.56 Å². The van der Waals surface area contributed by atoms with E-state index in [4.69, 9.17) is 4.74 Å². The molecule has 2 aromatic rings. The lowest BCUT2D eigenvalue weighted by molar-refractivity contribution is -0.388. The van der Waals surface area contributed by atoms with E-state index in [-0.39, 0.29) is 41.7 Å². The molecule has 0 aliphatic rings. The third kappa shape index (κ3) is 11.3. The van der Waals surface area contributed by atoms with Gasteiger partial charge in [0.2, 0.25) is 5.91 Å². The lowest BCUT2D eigenvalue weighted by atomic mass is 9.95. The molecule has 212 valence electrons. The molecule has 17 heteroatoms. The number of rotatable bonds is 12. The highest BCUT2D eigenvalue weighted by Gasteiger charge is 2.40. The average Bonchev–Trinajstić information content (AvgIpc) is 2.87. The number of halogens is 3. The number of pyridine rings is 1. The van der Waals surface area contributed by atoms with Crippen LogP contribution in [0.3, 0.4) is 0 Å². The molecule has 0 unspecified atom stereocenters. The zero-order chi connectivity index (χ0) is 29.0. The number of nitro groups is 1. The first-order valence-electron chi connectivity index (χ1n) is 11.1. The third-order valence-corrected chi connectivity index (χ3v) is 7.12. The fourth-order valence-electron chi connectivity index (χ4n) is 3.03. The van der Waals surface area contributed by atoms with Gasteiger partial charge in [-0.05, 0) is 47.4 Å². The Balaban J connectivity index is 1.78. The van der Waals surface area contributed by atoms with Crippen molar-refractivity contribution in [1.29, 1.82) is 0 Å². The van der Waals surface area contributed by atoms with Crippen LogP contribution in [0.25, 0.3) is 0 Å². The van der Waals surface area contributed by atoms with Crippen molar-refractivity contribution in [1.82, 2.24) is 21.2 Å². The summed E-state index contributed by atoms with van der Waals surface area (Å²) < 4.78 is 43.2. The van der Waals surface area contributed by atoms with E-state index in [2.05, 4.69) is 10.4 Å². The van der Waals surface area contributed by atoms with Crippen molar-refractivity contribution in [2.75, 3.05) is 12.4 Å². The number of hydrogen-bond donors (Lipinski definition) is 4. The minimum absolute atomic E-state index is 0.0464. The predicted molar refractivity (Wildman–Crippen MR) is 135 cm³/mol. The number of benzene rings is 1. The van der Waals surface area contributed by atoms with E-state index < -0.39 is 41.0 Å². The number of ether oxygens (including phenoxy) is 1. The normalized spacial score (nSPS) is 12.6. The fraction of sp³-hybridized carbons (Fsp3) is 0.364. The van der Waals surface area contributed by atoms with Crippen LogP contribution in [-0.2, 0) is 20.7 Å². The van der Waals surface area contributed by atoms with Gasteiger partial charge >= 0.3 is 23.9 Å². The van der Waals surface area contributed by atoms with E-state index in [9.17, 15) is 42.8 Å². The van der Waals surface area contributed by atoms with E-state index in [1.54, 1.807) is 0 Å². The number of hydrazine groups is 1. The fourth-order valence-corrected chi connectivity index (χ4v) is 4.89. The van der Waals surface area contributed by atoms with Gasteiger partial charge in [-0.15, -0.1) is 0 Å². The third-order valence-electron chi connectivity index (χ3n) is 4.87. The highest BCUT2D eigenvalue weighted by Crippen LogP contribution is 2.35. The Hall–Kier alpha value is -3.73. The molecule has 1 aromatic carbocycles. The lowest BCUT2D eigenvalue weighted by Crippen LogP contribution is -2.48. The van der Waals surface area contributed by atoms with E-state index in [1.165, 1.54) is 49.5 Å². The van der Waals surface area contributed by atoms with E-state index >= 15 is 0 Å². The summed E-state index contributed by atoms with van der Waals surface area (Å²) >= 11 is 0. The number of alkyl halides is 3. The Kier molecular flexibility index (Phi) is 12.1. The largest absolute Gasteiger partial charge is 0.508 e. The van der Waals surface area contributed by atoms with Crippen molar-refractivity contribution in [3.05, 3.63) is 58.3 Å². The van der Waals surface area contributed by atoms with Gasteiger partial charge in [-0.2, -0.15) is 13.2 Å². The summed E-state index contributed by atoms with van der Waals surface area (Å²) in [5.41, 5.74) is 4.48. The maximum absolute atomic E-state index is 12.8. The van der Waals surface area contributed by atoms with Crippen LogP contribution in [0, 0.1) is 16.0 Å². The first kappa shape index (κ1) is 31.5. The molecule has 1 aromatic heterocycles. The summed E-state index contributed by atoms with van der Waals surface area (Å²) in [6.45, 7) is 1.30. The smallest absolute Gasteiger partial charge is 0.471 e. The van der Waals surface area contributed by atoms with Crippen molar-refractivity contribution >= 4 is 45.2 Å². The molecule has 3 amide bonds. The molecule has 1 heterocycles. The summed E-state index contributed by atoms with van der Waals surface area (Å²) in [4.78, 5) is 50.0. The van der Waals surface area contributed by atoms with Crippen LogP contribution in [0.1, 0.15) is 18.9 Å². The molecule has 0 aliphatic carbocycles. The lowest BCUT2D eigenvalue weighted by Gasteiger charge is -2.23. The maximum Gasteiger partial charge on any atom is 0.471 e. The first-order valence-corrected chi connectivity index (χ1v) is 13.5. The van der Waals surface area contributed by atoms with Gasteiger partial charge in [0.25, 0.3) is 0 Å².